The summed E-state index contributed by atoms with van der Waals surface area (Å²) >= 11 is 6.92. The van der Waals surface area contributed by atoms with Crippen molar-refractivity contribution in [1.82, 2.24) is 15.2 Å². The van der Waals surface area contributed by atoms with Crippen LogP contribution in [0.4, 0.5) is 0 Å². The van der Waals surface area contributed by atoms with E-state index in [1.165, 1.54) is 28.6 Å². The lowest BCUT2D eigenvalue weighted by Gasteiger charge is -2.16. The topological polar surface area (TPSA) is 113 Å². The summed E-state index contributed by atoms with van der Waals surface area (Å²) in [6, 6.07) is 8.85. The Balaban J connectivity index is 1.53. The average Bonchev–Trinajstić information content (AvgIpc) is 3.42. The number of amides is 2. The van der Waals surface area contributed by atoms with E-state index < -0.39 is 21.8 Å². The molecule has 1 aromatic carbocycles. The molecule has 0 radical (unpaired) electrons. The van der Waals surface area contributed by atoms with Crippen molar-refractivity contribution in [3.05, 3.63) is 51.2 Å². The normalized spacial score (nSPS) is 14.4. The first-order chi connectivity index (χ1) is 14.3. The number of hydrogen-bond acceptors (Lipinski definition) is 6. The van der Waals surface area contributed by atoms with Crippen LogP contribution in [0.1, 0.15) is 45.7 Å². The van der Waals surface area contributed by atoms with Crippen molar-refractivity contribution >= 4 is 50.6 Å². The first-order valence-electron chi connectivity index (χ1n) is 9.25. The first-order valence-corrected chi connectivity index (χ1v) is 11.9. The third-order valence-electron chi connectivity index (χ3n) is 4.54. The Morgan fingerprint density at radius 1 is 1.03 bits per heavy atom. The Hall–Kier alpha value is -2.27. The molecule has 8 nitrogen and oxygen atoms in total. The molecule has 2 aromatic rings. The third-order valence-corrected chi connectivity index (χ3v) is 7.71. The number of nitrogens with zero attached hydrogens (tertiary/aromatic N) is 1. The Morgan fingerprint density at radius 3 is 2.43 bits per heavy atom. The van der Waals surface area contributed by atoms with Gasteiger partial charge in [-0.2, -0.15) is 4.31 Å². The molecule has 1 fully saturated rings. The van der Waals surface area contributed by atoms with Gasteiger partial charge in [0.25, 0.3) is 5.91 Å². The molecule has 1 aliphatic rings. The van der Waals surface area contributed by atoms with E-state index in [1.54, 1.807) is 12.1 Å². The highest BCUT2D eigenvalue weighted by atomic mass is 35.5. The molecule has 0 spiro atoms. The molecule has 30 heavy (non-hydrogen) atoms. The van der Waals surface area contributed by atoms with E-state index in [9.17, 15) is 22.8 Å². The molecule has 11 heteroatoms. The lowest BCUT2D eigenvalue weighted by Crippen LogP contribution is -2.41. The average molecular weight is 470 g/mol. The van der Waals surface area contributed by atoms with Crippen LogP contribution in [0.3, 0.4) is 0 Å². The van der Waals surface area contributed by atoms with Gasteiger partial charge in [0.05, 0.1) is 14.1 Å². The summed E-state index contributed by atoms with van der Waals surface area (Å²) in [6.45, 7) is 0.927. The summed E-state index contributed by atoms with van der Waals surface area (Å²) in [5, 5.41) is 0. The molecule has 0 aliphatic carbocycles. The molecule has 3 rings (SSSR count). The van der Waals surface area contributed by atoms with Crippen LogP contribution in [-0.2, 0) is 14.8 Å². The van der Waals surface area contributed by atoms with Crippen LogP contribution in [-0.4, -0.2) is 43.4 Å². The lowest BCUT2D eigenvalue weighted by atomic mass is 10.2. The molecule has 1 saturated heterocycles. The number of rotatable bonds is 7. The van der Waals surface area contributed by atoms with Gasteiger partial charge in [-0.3, -0.25) is 25.2 Å². The summed E-state index contributed by atoms with van der Waals surface area (Å²) < 4.78 is 27.1. The minimum Gasteiger partial charge on any atom is -0.293 e. The van der Waals surface area contributed by atoms with E-state index in [4.69, 9.17) is 11.6 Å². The van der Waals surface area contributed by atoms with E-state index in [-0.39, 0.29) is 29.1 Å². The van der Waals surface area contributed by atoms with Gasteiger partial charge in [-0.15, -0.1) is 11.3 Å². The minimum absolute atomic E-state index is 0.0257. The van der Waals surface area contributed by atoms with Crippen molar-refractivity contribution < 1.29 is 22.8 Å². The SMILES string of the molecule is O=C(CCC(=O)c1ccc(Cl)s1)NNC(=O)c1cccc(S(=O)(=O)N2CCCC2)c1. The van der Waals surface area contributed by atoms with Crippen molar-refractivity contribution in [2.24, 2.45) is 0 Å². The van der Waals surface area contributed by atoms with Gasteiger partial charge in [0.15, 0.2) is 5.78 Å². The van der Waals surface area contributed by atoms with Gasteiger partial charge < -0.3 is 0 Å². The van der Waals surface area contributed by atoms with Crippen LogP contribution in [0.5, 0.6) is 0 Å². The zero-order valence-corrected chi connectivity index (χ0v) is 18.3. The smallest absolute Gasteiger partial charge is 0.269 e. The molecule has 2 N–H and O–H groups in total. The van der Waals surface area contributed by atoms with E-state index in [2.05, 4.69) is 10.9 Å². The standard InChI is InChI=1S/C19H20ClN3O5S2/c20-17-8-7-16(29-17)15(24)6-9-18(25)21-22-19(26)13-4-3-5-14(12-13)30(27,28)23-10-1-2-11-23/h3-5,7-8,12H,1-2,6,9-11H2,(H,21,25)(H,22,26). The number of nitrogens with one attached hydrogen (secondary N) is 2. The molecule has 0 saturated carbocycles. The molecule has 2 amide bonds. The van der Waals surface area contributed by atoms with Crippen LogP contribution in [0.2, 0.25) is 4.34 Å². The second kappa shape index (κ2) is 9.69. The summed E-state index contributed by atoms with van der Waals surface area (Å²) in [6.07, 6.45) is 1.49. The maximum Gasteiger partial charge on any atom is 0.269 e. The van der Waals surface area contributed by atoms with Crippen LogP contribution >= 0.6 is 22.9 Å². The molecule has 0 bridgehead atoms. The highest BCUT2D eigenvalue weighted by molar-refractivity contribution is 7.89. The van der Waals surface area contributed by atoms with Crippen LogP contribution < -0.4 is 10.9 Å². The van der Waals surface area contributed by atoms with E-state index >= 15 is 0 Å². The van der Waals surface area contributed by atoms with Crippen LogP contribution in [0, 0.1) is 0 Å². The number of carbonyl (C=O) groups excluding carboxylic acids is 3. The van der Waals surface area contributed by atoms with Gasteiger partial charge >= 0.3 is 0 Å². The first kappa shape index (κ1) is 22.4. The van der Waals surface area contributed by atoms with Gasteiger partial charge in [0.1, 0.15) is 0 Å². The number of halogens is 1. The number of thiophene rings is 1. The maximum atomic E-state index is 12.6. The number of Topliss-reactive ketones (excluding diaryl/α,β-unsaturated/α-hetero) is 1. The maximum absolute atomic E-state index is 12.6. The number of hydrazine groups is 1. The second-order valence-electron chi connectivity index (χ2n) is 6.67. The Bertz CT molecular complexity index is 1060. The van der Waals surface area contributed by atoms with Gasteiger partial charge in [0.2, 0.25) is 15.9 Å². The van der Waals surface area contributed by atoms with Gasteiger partial charge in [-0.1, -0.05) is 17.7 Å². The fourth-order valence-corrected chi connectivity index (χ4v) is 5.52. The lowest BCUT2D eigenvalue weighted by molar-refractivity contribution is -0.121. The van der Waals surface area contributed by atoms with Crippen molar-refractivity contribution in [2.45, 2.75) is 30.6 Å². The van der Waals surface area contributed by atoms with Crippen molar-refractivity contribution in [2.75, 3.05) is 13.1 Å². The predicted octanol–water partition coefficient (Wildman–Crippen LogP) is 2.61. The number of sulfonamides is 1. The summed E-state index contributed by atoms with van der Waals surface area (Å²) in [4.78, 5) is 36.7. The minimum atomic E-state index is -3.65. The van der Waals surface area contributed by atoms with Crippen molar-refractivity contribution in [3.63, 3.8) is 0 Å². The molecule has 1 aromatic heterocycles. The molecule has 1 aliphatic heterocycles. The summed E-state index contributed by atoms with van der Waals surface area (Å²) in [5.41, 5.74) is 4.57. The van der Waals surface area contributed by atoms with Crippen molar-refractivity contribution in [3.8, 4) is 0 Å². The fraction of sp³-hybridized carbons (Fsp3) is 0.316. The molecule has 2 heterocycles. The van der Waals surface area contributed by atoms with Crippen molar-refractivity contribution in [1.29, 1.82) is 0 Å². The van der Waals surface area contributed by atoms with Gasteiger partial charge in [-0.05, 0) is 43.2 Å². The summed E-state index contributed by atoms with van der Waals surface area (Å²) in [5.74, 6) is -1.41. The Labute approximate surface area is 183 Å². The Kier molecular flexibility index (Phi) is 7.24. The molecular weight excluding hydrogens is 450 g/mol. The van der Waals surface area contributed by atoms with E-state index in [0.717, 1.165) is 24.2 Å². The highest BCUT2D eigenvalue weighted by Gasteiger charge is 2.27. The number of ketones is 1. The summed E-state index contributed by atoms with van der Waals surface area (Å²) in [7, 11) is -3.65. The number of carbonyl (C=O) groups is 3. The molecular formula is C19H20ClN3O5S2. The quantitative estimate of drug-likeness (QED) is 0.478. The second-order valence-corrected chi connectivity index (χ2v) is 10.3. The number of hydrogen-bond donors (Lipinski definition) is 2. The highest BCUT2D eigenvalue weighted by Crippen LogP contribution is 2.23. The Morgan fingerprint density at radius 2 is 1.77 bits per heavy atom. The zero-order chi connectivity index (χ0) is 21.7. The molecule has 0 atom stereocenters. The van der Waals surface area contributed by atoms with E-state index in [1.807, 2.05) is 0 Å². The predicted molar refractivity (Wildman–Crippen MR) is 113 cm³/mol. The van der Waals surface area contributed by atoms with E-state index in [0.29, 0.717) is 22.3 Å². The number of benzene rings is 1. The van der Waals surface area contributed by atoms with Gasteiger partial charge in [-0.25, -0.2) is 8.42 Å². The van der Waals surface area contributed by atoms with Crippen LogP contribution in [0.25, 0.3) is 0 Å². The van der Waals surface area contributed by atoms with Gasteiger partial charge in [0, 0.05) is 31.5 Å². The monoisotopic (exact) mass is 469 g/mol. The van der Waals surface area contributed by atoms with Crippen LogP contribution in [0.15, 0.2) is 41.3 Å². The fourth-order valence-electron chi connectivity index (χ4n) is 2.95. The molecule has 160 valence electrons. The third kappa shape index (κ3) is 5.45. The largest absolute Gasteiger partial charge is 0.293 e. The molecule has 0 unspecified atom stereocenters. The zero-order valence-electron chi connectivity index (χ0n) is 15.9.